The Hall–Kier alpha value is -1.60. The zero-order chi connectivity index (χ0) is 15.4. The van der Waals surface area contributed by atoms with Crippen molar-refractivity contribution < 1.29 is 4.79 Å². The minimum Gasteiger partial charge on any atom is -0.374 e. The third kappa shape index (κ3) is 4.44. The van der Waals surface area contributed by atoms with E-state index in [1.165, 1.54) is 34.2 Å². The Kier molecular flexibility index (Phi) is 5.19. The van der Waals surface area contributed by atoms with Gasteiger partial charge in [0.2, 0.25) is 11.0 Å². The molecule has 0 bridgehead atoms. The number of hydrogen-bond acceptors (Lipinski definition) is 6. The lowest BCUT2D eigenvalue weighted by Gasteiger charge is -2.15. The quantitative estimate of drug-likeness (QED) is 0.827. The molecule has 21 heavy (non-hydrogen) atoms. The highest BCUT2D eigenvalue weighted by Crippen LogP contribution is 2.23. The van der Waals surface area contributed by atoms with Crippen LogP contribution in [0.4, 0.5) is 5.13 Å². The topological polar surface area (TPSA) is 80.9 Å². The summed E-state index contributed by atoms with van der Waals surface area (Å²) in [6.45, 7) is 6.13. The van der Waals surface area contributed by atoms with Gasteiger partial charge in [-0.05, 0) is 37.5 Å². The SMILES string of the molecule is Cc1ccc([C@@H](C)NC(=O)CSc2nnc(N)s2)cc1C. The first-order valence-corrected chi connectivity index (χ1v) is 8.34. The standard InChI is InChI=1S/C14H18N4OS2/c1-8-4-5-11(6-9(8)2)10(3)16-12(19)7-20-14-18-17-13(15)21-14/h4-6,10H,7H2,1-3H3,(H2,15,17)(H,16,19)/t10-/m1/s1. The molecule has 2 rings (SSSR count). The van der Waals surface area contributed by atoms with E-state index in [1.54, 1.807) is 0 Å². The Morgan fingerprint density at radius 1 is 1.38 bits per heavy atom. The average Bonchev–Trinajstić information content (AvgIpc) is 2.85. The summed E-state index contributed by atoms with van der Waals surface area (Å²) in [5.41, 5.74) is 9.09. The highest BCUT2D eigenvalue weighted by atomic mass is 32.2. The molecule has 0 saturated heterocycles. The van der Waals surface area contributed by atoms with Crippen LogP contribution in [0.2, 0.25) is 0 Å². The van der Waals surface area contributed by atoms with Crippen LogP contribution in [-0.2, 0) is 4.79 Å². The van der Waals surface area contributed by atoms with Gasteiger partial charge in [0, 0.05) is 0 Å². The summed E-state index contributed by atoms with van der Waals surface area (Å²) in [5.74, 6) is 0.281. The maximum absolute atomic E-state index is 12.0. The number of thioether (sulfide) groups is 1. The first kappa shape index (κ1) is 15.8. The molecule has 0 aliphatic rings. The number of aryl methyl sites for hydroxylation is 2. The van der Waals surface area contributed by atoms with Gasteiger partial charge < -0.3 is 11.1 Å². The number of hydrogen-bond donors (Lipinski definition) is 2. The van der Waals surface area contributed by atoms with Crippen LogP contribution in [0.15, 0.2) is 22.5 Å². The molecule has 1 aromatic heterocycles. The monoisotopic (exact) mass is 322 g/mol. The second-order valence-corrected chi connectivity index (χ2v) is 7.06. The van der Waals surface area contributed by atoms with Gasteiger partial charge in [0.15, 0.2) is 4.34 Å². The first-order chi connectivity index (χ1) is 9.95. The van der Waals surface area contributed by atoms with E-state index in [9.17, 15) is 4.79 Å². The van der Waals surface area contributed by atoms with Gasteiger partial charge in [0.25, 0.3) is 0 Å². The number of anilines is 1. The summed E-state index contributed by atoms with van der Waals surface area (Å²) in [5, 5.41) is 11.0. The van der Waals surface area contributed by atoms with Crippen molar-refractivity contribution in [3.63, 3.8) is 0 Å². The number of carbonyl (C=O) groups excluding carboxylic acids is 1. The number of nitrogens with zero attached hydrogens (tertiary/aromatic N) is 2. The highest BCUT2D eigenvalue weighted by Gasteiger charge is 2.12. The molecule has 1 aromatic carbocycles. The molecular formula is C14H18N4OS2. The van der Waals surface area contributed by atoms with Crippen LogP contribution < -0.4 is 11.1 Å². The molecule has 0 spiro atoms. The van der Waals surface area contributed by atoms with E-state index in [4.69, 9.17) is 5.73 Å². The van der Waals surface area contributed by atoms with Crippen LogP contribution in [-0.4, -0.2) is 21.9 Å². The van der Waals surface area contributed by atoms with E-state index >= 15 is 0 Å². The molecule has 7 heteroatoms. The van der Waals surface area contributed by atoms with Crippen molar-refractivity contribution in [1.29, 1.82) is 0 Å². The summed E-state index contributed by atoms with van der Waals surface area (Å²) < 4.78 is 0.710. The van der Waals surface area contributed by atoms with Crippen molar-refractivity contribution in [2.75, 3.05) is 11.5 Å². The van der Waals surface area contributed by atoms with Crippen molar-refractivity contribution in [1.82, 2.24) is 15.5 Å². The molecule has 2 aromatic rings. The normalized spacial score (nSPS) is 12.1. The average molecular weight is 322 g/mol. The van der Waals surface area contributed by atoms with Crippen molar-refractivity contribution in [3.05, 3.63) is 34.9 Å². The molecule has 3 N–H and O–H groups in total. The Morgan fingerprint density at radius 2 is 2.14 bits per heavy atom. The molecule has 0 unspecified atom stereocenters. The highest BCUT2D eigenvalue weighted by molar-refractivity contribution is 8.01. The largest absolute Gasteiger partial charge is 0.374 e. The fourth-order valence-corrected chi connectivity index (χ4v) is 3.25. The molecule has 1 atom stereocenters. The van der Waals surface area contributed by atoms with Gasteiger partial charge >= 0.3 is 0 Å². The van der Waals surface area contributed by atoms with E-state index in [0.717, 1.165) is 5.56 Å². The number of carbonyl (C=O) groups is 1. The van der Waals surface area contributed by atoms with Crippen LogP contribution in [0, 0.1) is 13.8 Å². The molecule has 0 radical (unpaired) electrons. The number of nitrogens with one attached hydrogen (secondary N) is 1. The van der Waals surface area contributed by atoms with Gasteiger partial charge in [0.1, 0.15) is 0 Å². The van der Waals surface area contributed by atoms with E-state index in [1.807, 2.05) is 13.0 Å². The molecule has 1 amide bonds. The summed E-state index contributed by atoms with van der Waals surface area (Å²) in [7, 11) is 0. The van der Waals surface area contributed by atoms with Crippen LogP contribution in [0.5, 0.6) is 0 Å². The second-order valence-electron chi connectivity index (χ2n) is 4.83. The fourth-order valence-electron chi connectivity index (χ4n) is 1.81. The van der Waals surface area contributed by atoms with Crippen molar-refractivity contribution in [2.24, 2.45) is 0 Å². The summed E-state index contributed by atoms with van der Waals surface area (Å²) in [6, 6.07) is 6.22. The van der Waals surface area contributed by atoms with Crippen molar-refractivity contribution in [3.8, 4) is 0 Å². The zero-order valence-corrected chi connectivity index (χ0v) is 13.8. The molecule has 0 saturated carbocycles. The third-order valence-electron chi connectivity index (χ3n) is 3.16. The van der Waals surface area contributed by atoms with Gasteiger partial charge in [-0.15, -0.1) is 10.2 Å². The predicted molar refractivity (Wildman–Crippen MR) is 87.5 cm³/mol. The lowest BCUT2D eigenvalue weighted by atomic mass is 10.0. The molecule has 1 heterocycles. The smallest absolute Gasteiger partial charge is 0.230 e. The fraction of sp³-hybridized carbons (Fsp3) is 0.357. The molecule has 112 valence electrons. The summed E-state index contributed by atoms with van der Waals surface area (Å²) in [4.78, 5) is 12.0. The van der Waals surface area contributed by atoms with Gasteiger partial charge in [-0.2, -0.15) is 0 Å². The van der Waals surface area contributed by atoms with Gasteiger partial charge in [-0.3, -0.25) is 4.79 Å². The summed E-state index contributed by atoms with van der Waals surface area (Å²) >= 11 is 2.63. The number of benzene rings is 1. The van der Waals surface area contributed by atoms with Gasteiger partial charge in [0.05, 0.1) is 11.8 Å². The first-order valence-electron chi connectivity index (χ1n) is 6.54. The number of rotatable bonds is 5. The zero-order valence-electron chi connectivity index (χ0n) is 12.2. The van der Waals surface area contributed by atoms with Crippen LogP contribution in [0.1, 0.15) is 29.7 Å². The summed E-state index contributed by atoms with van der Waals surface area (Å²) in [6.07, 6.45) is 0. The third-order valence-corrected chi connectivity index (χ3v) is 5.04. The van der Waals surface area contributed by atoms with Crippen molar-refractivity contribution >= 4 is 34.1 Å². The maximum Gasteiger partial charge on any atom is 0.230 e. The minimum atomic E-state index is -0.0282. The predicted octanol–water partition coefficient (Wildman–Crippen LogP) is 2.71. The molecule has 0 aliphatic heterocycles. The van der Waals surface area contributed by atoms with Gasteiger partial charge in [-0.1, -0.05) is 41.3 Å². The van der Waals surface area contributed by atoms with Crippen LogP contribution in [0.3, 0.4) is 0 Å². The number of nitrogens with two attached hydrogens (primary N) is 1. The minimum absolute atomic E-state index is 0.0168. The number of amides is 1. The Balaban J connectivity index is 1.88. The van der Waals surface area contributed by atoms with Crippen molar-refractivity contribution in [2.45, 2.75) is 31.2 Å². The molecule has 0 fully saturated rings. The Morgan fingerprint density at radius 3 is 2.76 bits per heavy atom. The maximum atomic E-state index is 12.0. The van der Waals surface area contributed by atoms with E-state index < -0.39 is 0 Å². The van der Waals surface area contributed by atoms with Crippen LogP contribution in [0.25, 0.3) is 0 Å². The lowest BCUT2D eigenvalue weighted by molar-refractivity contribution is -0.119. The Bertz CT molecular complexity index is 642. The molecular weight excluding hydrogens is 304 g/mol. The van der Waals surface area contributed by atoms with Gasteiger partial charge in [-0.25, -0.2) is 0 Å². The van der Waals surface area contributed by atoms with E-state index in [2.05, 4.69) is 41.5 Å². The second kappa shape index (κ2) is 6.91. The van der Waals surface area contributed by atoms with E-state index in [0.29, 0.717) is 15.2 Å². The molecule has 0 aliphatic carbocycles. The van der Waals surface area contributed by atoms with Crippen LogP contribution >= 0.6 is 23.1 Å². The number of nitrogen functional groups attached to an aromatic ring is 1. The van der Waals surface area contributed by atoms with E-state index in [-0.39, 0.29) is 11.9 Å². The molecule has 5 nitrogen and oxygen atoms in total. The Labute approximate surface area is 132 Å². The lowest BCUT2D eigenvalue weighted by Crippen LogP contribution is -2.28. The number of aromatic nitrogens is 2.